The number of hydrogen-bond acceptors (Lipinski definition) is 3. The molecule has 0 aromatic rings. The normalized spacial score (nSPS) is 28.4. The van der Waals surface area contributed by atoms with Crippen molar-refractivity contribution in [2.75, 3.05) is 19.6 Å². The maximum absolute atomic E-state index is 10.5. The molecule has 0 bridgehead atoms. The van der Waals surface area contributed by atoms with E-state index in [9.17, 15) is 5.11 Å². The van der Waals surface area contributed by atoms with Crippen molar-refractivity contribution in [2.45, 2.75) is 70.1 Å². The molecule has 0 aromatic carbocycles. The van der Waals surface area contributed by atoms with Crippen LogP contribution in [0.5, 0.6) is 0 Å². The summed E-state index contributed by atoms with van der Waals surface area (Å²) in [5, 5.41) is 14.1. The first kappa shape index (κ1) is 13.3. The Morgan fingerprint density at radius 3 is 2.53 bits per heavy atom. The first-order valence-electron chi connectivity index (χ1n) is 7.29. The van der Waals surface area contributed by atoms with Crippen molar-refractivity contribution >= 4 is 0 Å². The predicted molar refractivity (Wildman–Crippen MR) is 71.2 cm³/mol. The van der Waals surface area contributed by atoms with Gasteiger partial charge in [-0.25, -0.2) is 0 Å². The minimum absolute atomic E-state index is 0.400. The van der Waals surface area contributed by atoms with Crippen LogP contribution >= 0.6 is 0 Å². The van der Waals surface area contributed by atoms with E-state index in [0.717, 1.165) is 25.9 Å². The first-order valence-corrected chi connectivity index (χ1v) is 7.29. The Morgan fingerprint density at radius 2 is 2.00 bits per heavy atom. The molecule has 1 aliphatic carbocycles. The van der Waals surface area contributed by atoms with E-state index in [0.29, 0.717) is 12.1 Å². The first-order chi connectivity index (χ1) is 8.09. The summed E-state index contributed by atoms with van der Waals surface area (Å²) in [6.07, 6.45) is 6.99. The molecule has 1 atom stereocenters. The lowest BCUT2D eigenvalue weighted by molar-refractivity contribution is -0.00163. The fourth-order valence-corrected chi connectivity index (χ4v) is 3.22. The van der Waals surface area contributed by atoms with Gasteiger partial charge in [-0.3, -0.25) is 4.90 Å². The predicted octanol–water partition coefficient (Wildman–Crippen LogP) is 1.75. The highest BCUT2D eigenvalue weighted by Gasteiger charge is 2.34. The van der Waals surface area contributed by atoms with Gasteiger partial charge in [-0.1, -0.05) is 12.8 Å². The quantitative estimate of drug-likeness (QED) is 0.768. The molecule has 2 rings (SSSR count). The highest BCUT2D eigenvalue weighted by atomic mass is 16.3. The molecule has 3 heteroatoms. The van der Waals surface area contributed by atoms with Crippen LogP contribution in [0.25, 0.3) is 0 Å². The minimum atomic E-state index is -0.400. The lowest BCUT2D eigenvalue weighted by Crippen LogP contribution is -2.48. The molecule has 1 heterocycles. The van der Waals surface area contributed by atoms with E-state index in [4.69, 9.17) is 0 Å². The fourth-order valence-electron chi connectivity index (χ4n) is 3.22. The van der Waals surface area contributed by atoms with Crippen molar-refractivity contribution in [3.05, 3.63) is 0 Å². The molecule has 3 nitrogen and oxygen atoms in total. The number of hydrogen-bond donors (Lipinski definition) is 2. The van der Waals surface area contributed by atoms with Crippen molar-refractivity contribution in [2.24, 2.45) is 0 Å². The molecule has 0 spiro atoms. The van der Waals surface area contributed by atoms with Gasteiger partial charge in [0.2, 0.25) is 0 Å². The zero-order valence-corrected chi connectivity index (χ0v) is 11.4. The van der Waals surface area contributed by atoms with Crippen molar-refractivity contribution in [1.82, 2.24) is 10.2 Å². The SMILES string of the molecule is CC(C)N(CC1CCCN1)CC1(O)CCCC1. The Labute approximate surface area is 106 Å². The molecule has 0 radical (unpaired) electrons. The van der Waals surface area contributed by atoms with Crippen LogP contribution in [0.4, 0.5) is 0 Å². The molecule has 1 saturated carbocycles. The van der Waals surface area contributed by atoms with E-state index in [1.807, 2.05) is 0 Å². The van der Waals surface area contributed by atoms with Gasteiger partial charge in [0.15, 0.2) is 0 Å². The highest BCUT2D eigenvalue weighted by Crippen LogP contribution is 2.30. The van der Waals surface area contributed by atoms with Crippen molar-refractivity contribution in [3.8, 4) is 0 Å². The average Bonchev–Trinajstić information content (AvgIpc) is 2.89. The van der Waals surface area contributed by atoms with Gasteiger partial charge in [-0.2, -0.15) is 0 Å². The lowest BCUT2D eigenvalue weighted by atomic mass is 10.0. The smallest absolute Gasteiger partial charge is 0.0774 e. The molecule has 17 heavy (non-hydrogen) atoms. The second-order valence-electron chi connectivity index (χ2n) is 6.25. The van der Waals surface area contributed by atoms with Crippen LogP contribution in [0.2, 0.25) is 0 Å². The Hall–Kier alpha value is -0.120. The van der Waals surface area contributed by atoms with Crippen LogP contribution in [0.1, 0.15) is 52.4 Å². The third kappa shape index (κ3) is 3.67. The fraction of sp³-hybridized carbons (Fsp3) is 1.00. The van der Waals surface area contributed by atoms with Crippen molar-refractivity contribution in [1.29, 1.82) is 0 Å². The van der Waals surface area contributed by atoms with Gasteiger partial charge < -0.3 is 10.4 Å². The standard InChI is InChI=1S/C14H28N2O/c1-12(2)16(10-13-6-5-9-15-13)11-14(17)7-3-4-8-14/h12-13,15,17H,3-11H2,1-2H3. The lowest BCUT2D eigenvalue weighted by Gasteiger charge is -2.35. The monoisotopic (exact) mass is 240 g/mol. The van der Waals surface area contributed by atoms with Gasteiger partial charge in [-0.05, 0) is 46.1 Å². The van der Waals surface area contributed by atoms with E-state index in [-0.39, 0.29) is 0 Å². The summed E-state index contributed by atoms with van der Waals surface area (Å²) in [7, 11) is 0. The van der Waals surface area contributed by atoms with Gasteiger partial charge in [0.1, 0.15) is 0 Å². The third-order valence-electron chi connectivity index (χ3n) is 4.38. The van der Waals surface area contributed by atoms with Crippen LogP contribution in [-0.2, 0) is 0 Å². The van der Waals surface area contributed by atoms with Crippen LogP contribution in [0, 0.1) is 0 Å². The molecule has 1 unspecified atom stereocenters. The summed E-state index contributed by atoms with van der Waals surface area (Å²) in [5.74, 6) is 0. The van der Waals surface area contributed by atoms with Crippen molar-refractivity contribution in [3.63, 3.8) is 0 Å². The third-order valence-corrected chi connectivity index (χ3v) is 4.38. The molecular formula is C14H28N2O. The van der Waals surface area contributed by atoms with E-state index >= 15 is 0 Å². The number of nitrogens with zero attached hydrogens (tertiary/aromatic N) is 1. The van der Waals surface area contributed by atoms with Gasteiger partial charge in [0.05, 0.1) is 5.60 Å². The van der Waals surface area contributed by atoms with Gasteiger partial charge in [0.25, 0.3) is 0 Å². The molecule has 100 valence electrons. The zero-order chi connectivity index (χ0) is 12.3. The van der Waals surface area contributed by atoms with Crippen LogP contribution < -0.4 is 5.32 Å². The van der Waals surface area contributed by atoms with Crippen molar-refractivity contribution < 1.29 is 5.11 Å². The zero-order valence-electron chi connectivity index (χ0n) is 11.4. The van der Waals surface area contributed by atoms with Crippen LogP contribution in [0.15, 0.2) is 0 Å². The number of aliphatic hydroxyl groups is 1. The Morgan fingerprint density at radius 1 is 1.29 bits per heavy atom. The summed E-state index contributed by atoms with van der Waals surface area (Å²) in [4.78, 5) is 2.47. The Kier molecular flexibility index (Phi) is 4.45. The highest BCUT2D eigenvalue weighted by molar-refractivity contribution is 4.90. The maximum atomic E-state index is 10.5. The molecule has 0 aromatic heterocycles. The van der Waals surface area contributed by atoms with E-state index in [1.165, 1.54) is 32.2 Å². The molecule has 2 fully saturated rings. The van der Waals surface area contributed by atoms with Gasteiger partial charge in [0, 0.05) is 25.2 Å². The summed E-state index contributed by atoms with van der Waals surface area (Å²) >= 11 is 0. The molecule has 2 N–H and O–H groups in total. The summed E-state index contributed by atoms with van der Waals surface area (Å²) in [6.45, 7) is 7.62. The van der Waals surface area contributed by atoms with Crippen LogP contribution in [0.3, 0.4) is 0 Å². The minimum Gasteiger partial charge on any atom is -0.389 e. The van der Waals surface area contributed by atoms with E-state index < -0.39 is 5.60 Å². The second-order valence-corrected chi connectivity index (χ2v) is 6.25. The molecular weight excluding hydrogens is 212 g/mol. The number of nitrogens with one attached hydrogen (secondary N) is 1. The van der Waals surface area contributed by atoms with Gasteiger partial charge >= 0.3 is 0 Å². The van der Waals surface area contributed by atoms with E-state index in [2.05, 4.69) is 24.1 Å². The summed E-state index contributed by atoms with van der Waals surface area (Å²) < 4.78 is 0. The molecule has 0 amide bonds. The summed E-state index contributed by atoms with van der Waals surface area (Å²) in [5.41, 5.74) is -0.400. The largest absolute Gasteiger partial charge is 0.389 e. The molecule has 2 aliphatic rings. The topological polar surface area (TPSA) is 35.5 Å². The van der Waals surface area contributed by atoms with Gasteiger partial charge in [-0.15, -0.1) is 0 Å². The number of rotatable bonds is 5. The summed E-state index contributed by atoms with van der Waals surface area (Å²) in [6, 6.07) is 1.17. The van der Waals surface area contributed by atoms with E-state index in [1.54, 1.807) is 0 Å². The maximum Gasteiger partial charge on any atom is 0.0774 e. The average molecular weight is 240 g/mol. The van der Waals surface area contributed by atoms with Crippen LogP contribution in [-0.4, -0.2) is 47.3 Å². The Bertz CT molecular complexity index is 230. The molecule has 1 saturated heterocycles. The Balaban J connectivity index is 1.87. The second kappa shape index (κ2) is 5.68. The molecule has 1 aliphatic heterocycles.